The van der Waals surface area contributed by atoms with Crippen LogP contribution in [0.3, 0.4) is 0 Å². The van der Waals surface area contributed by atoms with Crippen molar-refractivity contribution in [3.05, 3.63) is 30.1 Å². The van der Waals surface area contributed by atoms with Gasteiger partial charge in [0.15, 0.2) is 0 Å². The predicted molar refractivity (Wildman–Crippen MR) is 76.9 cm³/mol. The molecule has 116 valence electrons. The van der Waals surface area contributed by atoms with Crippen LogP contribution < -0.4 is 4.74 Å². The number of β-amino-alcohol motifs (C(OH)–C–C–N with tert-alkyl or cyclic N) is 1. The largest absolute Gasteiger partial charge is 0.491 e. The summed E-state index contributed by atoms with van der Waals surface area (Å²) >= 11 is 0. The Balaban J connectivity index is 1.46. The number of halogens is 1. The van der Waals surface area contributed by atoms with Crippen LogP contribution in [0.1, 0.15) is 19.3 Å². The maximum absolute atomic E-state index is 12.8. The molecule has 5 heteroatoms. The summed E-state index contributed by atoms with van der Waals surface area (Å²) in [5, 5.41) is 10.1. The van der Waals surface area contributed by atoms with Crippen molar-refractivity contribution in [2.24, 2.45) is 0 Å². The fourth-order valence-corrected chi connectivity index (χ4v) is 3.22. The molecule has 2 aliphatic heterocycles. The molecule has 0 radical (unpaired) electrons. The van der Waals surface area contributed by atoms with Crippen molar-refractivity contribution in [3.63, 3.8) is 0 Å². The number of rotatable bonds is 5. The Labute approximate surface area is 124 Å². The van der Waals surface area contributed by atoms with Crippen LogP contribution in [0, 0.1) is 5.82 Å². The second-order valence-corrected chi connectivity index (χ2v) is 5.95. The second-order valence-electron chi connectivity index (χ2n) is 5.95. The number of aliphatic hydroxyl groups excluding tert-OH is 1. The van der Waals surface area contributed by atoms with E-state index in [1.54, 1.807) is 12.1 Å². The van der Waals surface area contributed by atoms with E-state index in [9.17, 15) is 9.50 Å². The molecule has 1 spiro atoms. The average molecular weight is 295 g/mol. The number of hydrogen-bond donors (Lipinski definition) is 1. The van der Waals surface area contributed by atoms with Gasteiger partial charge in [0, 0.05) is 31.8 Å². The van der Waals surface area contributed by atoms with Gasteiger partial charge >= 0.3 is 0 Å². The van der Waals surface area contributed by atoms with Gasteiger partial charge in [-0.3, -0.25) is 4.90 Å². The Bertz CT molecular complexity index is 459. The smallest absolute Gasteiger partial charge is 0.123 e. The quantitative estimate of drug-likeness (QED) is 0.900. The Morgan fingerprint density at radius 3 is 2.57 bits per heavy atom. The lowest BCUT2D eigenvalue weighted by molar-refractivity contribution is -0.106. The number of hydrogen-bond acceptors (Lipinski definition) is 4. The molecule has 4 nitrogen and oxygen atoms in total. The van der Waals surface area contributed by atoms with Gasteiger partial charge in [-0.2, -0.15) is 0 Å². The zero-order valence-corrected chi connectivity index (χ0v) is 12.1. The highest BCUT2D eigenvalue weighted by molar-refractivity contribution is 5.22. The third kappa shape index (κ3) is 3.36. The van der Waals surface area contributed by atoms with Crippen molar-refractivity contribution in [2.75, 3.05) is 32.9 Å². The number of likely N-dealkylation sites (tertiary alicyclic amines) is 1. The second kappa shape index (κ2) is 6.30. The zero-order valence-electron chi connectivity index (χ0n) is 12.1. The Morgan fingerprint density at radius 1 is 1.24 bits per heavy atom. The first-order valence-electron chi connectivity index (χ1n) is 7.57. The van der Waals surface area contributed by atoms with Crippen LogP contribution >= 0.6 is 0 Å². The first-order chi connectivity index (χ1) is 10.2. The van der Waals surface area contributed by atoms with Crippen molar-refractivity contribution in [1.82, 2.24) is 4.90 Å². The Hall–Kier alpha value is -1.17. The summed E-state index contributed by atoms with van der Waals surface area (Å²) in [5.74, 6) is 0.296. The standard InChI is InChI=1S/C16H22FNO3/c17-13-1-3-15(4-2-13)21-12-14(19)11-18-8-5-16(18)6-9-20-10-7-16/h1-4,14,19H,5-12H2. The van der Waals surface area contributed by atoms with Gasteiger partial charge in [0.05, 0.1) is 0 Å². The van der Waals surface area contributed by atoms with Crippen molar-refractivity contribution >= 4 is 0 Å². The molecule has 1 unspecified atom stereocenters. The highest BCUT2D eigenvalue weighted by Gasteiger charge is 2.45. The SMILES string of the molecule is OC(COc1ccc(F)cc1)CN1CCC12CCOCC2. The summed E-state index contributed by atoms with van der Waals surface area (Å²) < 4.78 is 23.7. The minimum atomic E-state index is -0.532. The van der Waals surface area contributed by atoms with Gasteiger partial charge in [-0.1, -0.05) is 0 Å². The molecule has 0 aromatic heterocycles. The first-order valence-corrected chi connectivity index (χ1v) is 7.57. The average Bonchev–Trinajstić information content (AvgIpc) is 2.52. The molecule has 0 amide bonds. The van der Waals surface area contributed by atoms with Gasteiger partial charge in [-0.05, 0) is 43.5 Å². The predicted octanol–water partition coefficient (Wildman–Crippen LogP) is 1.82. The number of nitrogens with zero attached hydrogens (tertiary/aromatic N) is 1. The van der Waals surface area contributed by atoms with Crippen LogP contribution in [-0.2, 0) is 4.74 Å². The number of benzene rings is 1. The molecule has 1 aromatic rings. The summed E-state index contributed by atoms with van der Waals surface area (Å²) in [5.41, 5.74) is 0.245. The van der Waals surface area contributed by atoms with Crippen LogP contribution in [-0.4, -0.2) is 54.6 Å². The lowest BCUT2D eigenvalue weighted by atomic mass is 9.78. The van der Waals surface area contributed by atoms with E-state index in [2.05, 4.69) is 4.90 Å². The summed E-state index contributed by atoms with van der Waals surface area (Å²) in [6.45, 7) is 3.53. The van der Waals surface area contributed by atoms with Crippen molar-refractivity contribution in [2.45, 2.75) is 30.9 Å². The molecule has 3 rings (SSSR count). The van der Waals surface area contributed by atoms with Crippen LogP contribution in [0.4, 0.5) is 4.39 Å². The van der Waals surface area contributed by atoms with Crippen LogP contribution in [0.25, 0.3) is 0 Å². The summed E-state index contributed by atoms with van der Waals surface area (Å²) in [6, 6.07) is 5.86. The van der Waals surface area contributed by atoms with Crippen LogP contribution in [0.5, 0.6) is 5.75 Å². The maximum atomic E-state index is 12.8. The molecule has 0 bridgehead atoms. The highest BCUT2D eigenvalue weighted by atomic mass is 19.1. The third-order valence-corrected chi connectivity index (χ3v) is 4.63. The molecule has 2 fully saturated rings. The van der Waals surface area contributed by atoms with Gasteiger partial charge < -0.3 is 14.6 Å². The van der Waals surface area contributed by atoms with Gasteiger partial charge in [0.1, 0.15) is 24.3 Å². The van der Waals surface area contributed by atoms with E-state index in [0.717, 1.165) is 32.6 Å². The molecule has 21 heavy (non-hydrogen) atoms. The summed E-state index contributed by atoms with van der Waals surface area (Å²) in [6.07, 6.45) is 2.77. The molecule has 0 aliphatic carbocycles. The van der Waals surface area contributed by atoms with E-state index >= 15 is 0 Å². The number of ether oxygens (including phenoxy) is 2. The normalized spacial score (nSPS) is 22.8. The lowest BCUT2D eigenvalue weighted by Crippen LogP contribution is -2.63. The van der Waals surface area contributed by atoms with E-state index in [4.69, 9.17) is 9.47 Å². The molecule has 1 atom stereocenters. The monoisotopic (exact) mass is 295 g/mol. The van der Waals surface area contributed by atoms with Gasteiger partial charge in [0.25, 0.3) is 0 Å². The summed E-state index contributed by atoms with van der Waals surface area (Å²) in [4.78, 5) is 2.36. The Morgan fingerprint density at radius 2 is 1.95 bits per heavy atom. The molecule has 2 aliphatic rings. The van der Waals surface area contributed by atoms with Crippen LogP contribution in [0.15, 0.2) is 24.3 Å². The van der Waals surface area contributed by atoms with E-state index in [1.165, 1.54) is 18.6 Å². The topological polar surface area (TPSA) is 41.9 Å². The zero-order chi connectivity index (χ0) is 14.7. The fraction of sp³-hybridized carbons (Fsp3) is 0.625. The fourth-order valence-electron chi connectivity index (χ4n) is 3.22. The lowest BCUT2D eigenvalue weighted by Gasteiger charge is -2.55. The summed E-state index contributed by atoms with van der Waals surface area (Å²) in [7, 11) is 0. The molecule has 1 N–H and O–H groups in total. The molecule has 0 saturated carbocycles. The number of aliphatic hydroxyl groups is 1. The van der Waals surface area contributed by atoms with E-state index < -0.39 is 6.10 Å². The highest BCUT2D eigenvalue weighted by Crippen LogP contribution is 2.39. The van der Waals surface area contributed by atoms with E-state index in [-0.39, 0.29) is 18.0 Å². The van der Waals surface area contributed by atoms with E-state index in [0.29, 0.717) is 12.3 Å². The first kappa shape index (κ1) is 14.8. The van der Waals surface area contributed by atoms with Gasteiger partial charge in [-0.25, -0.2) is 4.39 Å². The Kier molecular flexibility index (Phi) is 4.42. The molecule has 1 aromatic carbocycles. The molecular formula is C16H22FNO3. The molecule has 2 saturated heterocycles. The van der Waals surface area contributed by atoms with E-state index in [1.807, 2.05) is 0 Å². The van der Waals surface area contributed by atoms with Crippen molar-refractivity contribution in [1.29, 1.82) is 0 Å². The minimum absolute atomic E-state index is 0.231. The van der Waals surface area contributed by atoms with Gasteiger partial charge in [0.2, 0.25) is 0 Å². The third-order valence-electron chi connectivity index (χ3n) is 4.63. The van der Waals surface area contributed by atoms with Gasteiger partial charge in [-0.15, -0.1) is 0 Å². The van der Waals surface area contributed by atoms with Crippen molar-refractivity contribution in [3.8, 4) is 5.75 Å². The van der Waals surface area contributed by atoms with Crippen molar-refractivity contribution < 1.29 is 19.0 Å². The van der Waals surface area contributed by atoms with Crippen LogP contribution in [0.2, 0.25) is 0 Å². The molecular weight excluding hydrogens is 273 g/mol. The minimum Gasteiger partial charge on any atom is -0.491 e. The molecule has 2 heterocycles. The maximum Gasteiger partial charge on any atom is 0.123 e.